The average molecular weight is 311 g/mol. The first-order valence-corrected chi connectivity index (χ1v) is 8.16. The van der Waals surface area contributed by atoms with E-state index in [1.54, 1.807) is 0 Å². The highest BCUT2D eigenvalue weighted by Crippen LogP contribution is 2.22. The lowest BCUT2D eigenvalue weighted by atomic mass is 10.1. The number of amides is 1. The summed E-state index contributed by atoms with van der Waals surface area (Å²) in [5, 5.41) is 2.97. The van der Waals surface area contributed by atoms with Gasteiger partial charge in [-0.15, -0.1) is 0 Å². The van der Waals surface area contributed by atoms with Crippen molar-refractivity contribution in [3.05, 3.63) is 65.2 Å². The second-order valence-corrected chi connectivity index (χ2v) is 5.74. The van der Waals surface area contributed by atoms with Crippen molar-refractivity contribution in [3.8, 4) is 5.75 Å². The minimum absolute atomic E-state index is 0.0515. The Balaban J connectivity index is 1.89. The van der Waals surface area contributed by atoms with Gasteiger partial charge in [0.1, 0.15) is 5.75 Å². The maximum Gasteiger partial charge on any atom is 0.261 e. The van der Waals surface area contributed by atoms with Crippen molar-refractivity contribution in [1.82, 2.24) is 5.32 Å². The summed E-state index contributed by atoms with van der Waals surface area (Å²) in [6.07, 6.45) is 1.02. The third-order valence-corrected chi connectivity index (χ3v) is 4.04. The summed E-state index contributed by atoms with van der Waals surface area (Å²) in [5.41, 5.74) is 3.47. The van der Waals surface area contributed by atoms with Crippen molar-refractivity contribution in [2.24, 2.45) is 0 Å². The van der Waals surface area contributed by atoms with Gasteiger partial charge in [-0.05, 0) is 49.4 Å². The predicted molar refractivity (Wildman–Crippen MR) is 93.8 cm³/mol. The van der Waals surface area contributed by atoms with Crippen LogP contribution in [0.25, 0.3) is 0 Å². The Kier molecular flexibility index (Phi) is 6.21. The van der Waals surface area contributed by atoms with Gasteiger partial charge in [-0.2, -0.15) is 0 Å². The Morgan fingerprint density at radius 2 is 1.83 bits per heavy atom. The standard InChI is InChI=1S/C20H25NO2/c1-4-18(23-19-12-8-9-15(2)16(19)3)20(22)21-14-13-17-10-6-5-7-11-17/h5-12,18H,4,13-14H2,1-3H3,(H,21,22)/t18-/m1/s1. The van der Waals surface area contributed by atoms with Crippen molar-refractivity contribution in [2.45, 2.75) is 39.7 Å². The van der Waals surface area contributed by atoms with Gasteiger partial charge in [0.2, 0.25) is 0 Å². The van der Waals surface area contributed by atoms with E-state index in [0.717, 1.165) is 17.7 Å². The summed E-state index contributed by atoms with van der Waals surface area (Å²) < 4.78 is 5.93. The molecule has 0 aliphatic heterocycles. The summed E-state index contributed by atoms with van der Waals surface area (Å²) in [5.74, 6) is 0.736. The highest BCUT2D eigenvalue weighted by atomic mass is 16.5. The SMILES string of the molecule is CC[C@@H](Oc1cccc(C)c1C)C(=O)NCCc1ccccc1. The molecule has 2 aromatic carbocycles. The fraction of sp³-hybridized carbons (Fsp3) is 0.350. The number of rotatable bonds is 7. The Hall–Kier alpha value is -2.29. The van der Waals surface area contributed by atoms with Gasteiger partial charge in [0.15, 0.2) is 6.10 Å². The minimum Gasteiger partial charge on any atom is -0.480 e. The van der Waals surface area contributed by atoms with Crippen LogP contribution in [0.2, 0.25) is 0 Å². The molecule has 0 unspecified atom stereocenters. The van der Waals surface area contributed by atoms with Crippen molar-refractivity contribution < 1.29 is 9.53 Å². The third-order valence-electron chi connectivity index (χ3n) is 4.04. The molecule has 0 bridgehead atoms. The maximum atomic E-state index is 12.3. The molecule has 0 saturated carbocycles. The fourth-order valence-corrected chi connectivity index (χ4v) is 2.42. The zero-order chi connectivity index (χ0) is 16.7. The number of hydrogen-bond donors (Lipinski definition) is 1. The van der Waals surface area contributed by atoms with Crippen LogP contribution in [-0.2, 0) is 11.2 Å². The number of hydrogen-bond acceptors (Lipinski definition) is 2. The number of carbonyl (C=O) groups is 1. The largest absolute Gasteiger partial charge is 0.480 e. The molecule has 0 aliphatic rings. The van der Waals surface area contributed by atoms with E-state index in [1.807, 2.05) is 57.2 Å². The number of benzene rings is 2. The van der Waals surface area contributed by atoms with Gasteiger partial charge < -0.3 is 10.1 Å². The van der Waals surface area contributed by atoms with E-state index < -0.39 is 6.10 Å². The van der Waals surface area contributed by atoms with Gasteiger partial charge in [0.05, 0.1) is 0 Å². The molecule has 0 radical (unpaired) electrons. The third kappa shape index (κ3) is 4.85. The Morgan fingerprint density at radius 1 is 1.09 bits per heavy atom. The number of aryl methyl sites for hydroxylation is 1. The predicted octanol–water partition coefficient (Wildman–Crippen LogP) is 3.82. The first kappa shape index (κ1) is 17.1. The smallest absolute Gasteiger partial charge is 0.261 e. The lowest BCUT2D eigenvalue weighted by Gasteiger charge is -2.19. The maximum absolute atomic E-state index is 12.3. The van der Waals surface area contributed by atoms with Gasteiger partial charge in [0, 0.05) is 6.54 Å². The van der Waals surface area contributed by atoms with Crippen LogP contribution >= 0.6 is 0 Å². The normalized spacial score (nSPS) is 11.8. The Morgan fingerprint density at radius 3 is 2.52 bits per heavy atom. The second-order valence-electron chi connectivity index (χ2n) is 5.74. The molecule has 23 heavy (non-hydrogen) atoms. The first-order valence-electron chi connectivity index (χ1n) is 8.16. The monoisotopic (exact) mass is 311 g/mol. The molecule has 0 spiro atoms. The summed E-state index contributed by atoms with van der Waals surface area (Å²) >= 11 is 0. The van der Waals surface area contributed by atoms with Crippen LogP contribution in [0.5, 0.6) is 5.75 Å². The highest BCUT2D eigenvalue weighted by molar-refractivity contribution is 5.81. The van der Waals surface area contributed by atoms with Gasteiger partial charge >= 0.3 is 0 Å². The summed E-state index contributed by atoms with van der Waals surface area (Å²) in [6, 6.07) is 16.1. The quantitative estimate of drug-likeness (QED) is 0.844. The van der Waals surface area contributed by atoms with Crippen molar-refractivity contribution in [3.63, 3.8) is 0 Å². The molecular formula is C20H25NO2. The van der Waals surface area contributed by atoms with E-state index in [2.05, 4.69) is 17.4 Å². The lowest BCUT2D eigenvalue weighted by Crippen LogP contribution is -2.39. The zero-order valence-electron chi connectivity index (χ0n) is 14.1. The van der Waals surface area contributed by atoms with Gasteiger partial charge in [-0.25, -0.2) is 0 Å². The number of carbonyl (C=O) groups excluding carboxylic acids is 1. The number of ether oxygens (including phenoxy) is 1. The molecule has 2 rings (SSSR count). The summed E-state index contributed by atoms with van der Waals surface area (Å²) in [6.45, 7) is 6.65. The molecule has 0 saturated heterocycles. The van der Waals surface area contributed by atoms with Gasteiger partial charge in [0.25, 0.3) is 5.91 Å². The molecule has 1 N–H and O–H groups in total. The lowest BCUT2D eigenvalue weighted by molar-refractivity contribution is -0.128. The van der Waals surface area contributed by atoms with Gasteiger partial charge in [-0.1, -0.05) is 49.4 Å². The molecule has 0 aliphatic carbocycles. The fourth-order valence-electron chi connectivity index (χ4n) is 2.42. The first-order chi connectivity index (χ1) is 11.1. The summed E-state index contributed by atoms with van der Waals surface area (Å²) in [4.78, 5) is 12.3. The van der Waals surface area contributed by atoms with Crippen molar-refractivity contribution in [2.75, 3.05) is 6.54 Å². The topological polar surface area (TPSA) is 38.3 Å². The van der Waals surface area contributed by atoms with Crippen LogP contribution in [0, 0.1) is 13.8 Å². The Bertz CT molecular complexity index is 637. The second kappa shape index (κ2) is 8.37. The van der Waals surface area contributed by atoms with E-state index in [4.69, 9.17) is 4.74 Å². The van der Waals surface area contributed by atoms with E-state index in [9.17, 15) is 4.79 Å². The molecule has 122 valence electrons. The van der Waals surface area contributed by atoms with E-state index >= 15 is 0 Å². The number of nitrogens with one attached hydrogen (secondary N) is 1. The van der Waals surface area contributed by atoms with E-state index in [1.165, 1.54) is 11.1 Å². The van der Waals surface area contributed by atoms with Crippen molar-refractivity contribution in [1.29, 1.82) is 0 Å². The van der Waals surface area contributed by atoms with E-state index in [-0.39, 0.29) is 5.91 Å². The molecule has 0 fully saturated rings. The van der Waals surface area contributed by atoms with Crippen LogP contribution in [-0.4, -0.2) is 18.6 Å². The van der Waals surface area contributed by atoms with Crippen molar-refractivity contribution >= 4 is 5.91 Å². The van der Waals surface area contributed by atoms with E-state index in [0.29, 0.717) is 13.0 Å². The molecule has 1 amide bonds. The molecule has 0 aromatic heterocycles. The molecule has 3 heteroatoms. The van der Waals surface area contributed by atoms with Crippen LogP contribution in [0.15, 0.2) is 48.5 Å². The highest BCUT2D eigenvalue weighted by Gasteiger charge is 2.18. The average Bonchev–Trinajstić information content (AvgIpc) is 2.57. The summed E-state index contributed by atoms with van der Waals surface area (Å²) in [7, 11) is 0. The van der Waals surface area contributed by atoms with Gasteiger partial charge in [-0.3, -0.25) is 4.79 Å². The zero-order valence-corrected chi connectivity index (χ0v) is 14.1. The van der Waals surface area contributed by atoms with Crippen LogP contribution in [0.4, 0.5) is 0 Å². The van der Waals surface area contributed by atoms with Crippen LogP contribution in [0.1, 0.15) is 30.0 Å². The molecule has 3 nitrogen and oxygen atoms in total. The Labute approximate surface area is 138 Å². The van der Waals surface area contributed by atoms with Crippen LogP contribution in [0.3, 0.4) is 0 Å². The van der Waals surface area contributed by atoms with Crippen LogP contribution < -0.4 is 10.1 Å². The molecule has 0 heterocycles. The molecule has 2 aromatic rings. The minimum atomic E-state index is -0.453. The molecule has 1 atom stereocenters. The molecular weight excluding hydrogens is 286 g/mol.